The number of rotatable bonds is 5. The van der Waals surface area contributed by atoms with Crippen molar-refractivity contribution in [3.63, 3.8) is 0 Å². The molecule has 2 heterocycles. The SMILES string of the molecule is CC(=O)O[C@@H]([C@@H]1OC(C)(C)O[C@H]1CN=[N+]=[N-])[C@H]1COC(C)(C)O1. The van der Waals surface area contributed by atoms with E-state index in [0.29, 0.717) is 0 Å². The minimum Gasteiger partial charge on any atom is -0.457 e. The van der Waals surface area contributed by atoms with Crippen LogP contribution in [0.25, 0.3) is 10.4 Å². The number of hydrogen-bond donors (Lipinski definition) is 0. The third-order valence-electron chi connectivity index (χ3n) is 3.57. The molecule has 2 rings (SSSR count). The number of nitrogens with zero attached hydrogens (tertiary/aromatic N) is 3. The minimum absolute atomic E-state index is 0.0688. The van der Waals surface area contributed by atoms with E-state index in [0.717, 1.165) is 0 Å². The molecule has 9 nitrogen and oxygen atoms in total. The van der Waals surface area contributed by atoms with Crippen LogP contribution >= 0.6 is 0 Å². The molecule has 0 unspecified atom stereocenters. The number of azide groups is 1. The van der Waals surface area contributed by atoms with Crippen LogP contribution in [0.2, 0.25) is 0 Å². The van der Waals surface area contributed by atoms with Gasteiger partial charge in [0, 0.05) is 11.8 Å². The summed E-state index contributed by atoms with van der Waals surface area (Å²) in [6, 6.07) is 0. The van der Waals surface area contributed by atoms with Gasteiger partial charge in [-0.25, -0.2) is 0 Å². The summed E-state index contributed by atoms with van der Waals surface area (Å²) < 4.78 is 28.4. The highest BCUT2D eigenvalue weighted by Gasteiger charge is 2.51. The van der Waals surface area contributed by atoms with Crippen molar-refractivity contribution in [1.29, 1.82) is 0 Å². The molecule has 130 valence electrons. The van der Waals surface area contributed by atoms with Crippen LogP contribution in [-0.2, 0) is 28.5 Å². The number of carbonyl (C=O) groups is 1. The van der Waals surface area contributed by atoms with E-state index >= 15 is 0 Å². The van der Waals surface area contributed by atoms with E-state index in [1.165, 1.54) is 6.92 Å². The van der Waals surface area contributed by atoms with Crippen molar-refractivity contribution < 1.29 is 28.5 Å². The number of hydrogen-bond acceptors (Lipinski definition) is 7. The summed E-state index contributed by atoms with van der Waals surface area (Å²) in [6.07, 6.45) is -2.39. The van der Waals surface area contributed by atoms with Crippen molar-refractivity contribution in [3.8, 4) is 0 Å². The summed E-state index contributed by atoms with van der Waals surface area (Å²) in [4.78, 5) is 14.3. The van der Waals surface area contributed by atoms with Crippen molar-refractivity contribution in [3.05, 3.63) is 10.4 Å². The first-order chi connectivity index (χ1) is 10.6. The molecule has 0 aliphatic carbocycles. The van der Waals surface area contributed by atoms with Gasteiger partial charge in [0.15, 0.2) is 17.7 Å². The summed E-state index contributed by atoms with van der Waals surface area (Å²) >= 11 is 0. The van der Waals surface area contributed by atoms with Gasteiger partial charge >= 0.3 is 5.97 Å². The Morgan fingerprint density at radius 2 is 2.00 bits per heavy atom. The van der Waals surface area contributed by atoms with Crippen molar-refractivity contribution in [2.75, 3.05) is 13.2 Å². The Balaban J connectivity index is 2.22. The average molecular weight is 329 g/mol. The second kappa shape index (κ2) is 6.62. The van der Waals surface area contributed by atoms with Crippen LogP contribution < -0.4 is 0 Å². The Hall–Kier alpha value is -1.38. The lowest BCUT2D eigenvalue weighted by atomic mass is 10.0. The Bertz CT molecular complexity index is 503. The zero-order valence-electron chi connectivity index (χ0n) is 14.0. The van der Waals surface area contributed by atoms with Crippen LogP contribution in [0, 0.1) is 0 Å². The molecule has 0 aromatic rings. The highest BCUT2D eigenvalue weighted by Crippen LogP contribution is 2.35. The average Bonchev–Trinajstić information content (AvgIpc) is 2.92. The van der Waals surface area contributed by atoms with Crippen LogP contribution in [0.5, 0.6) is 0 Å². The van der Waals surface area contributed by atoms with Gasteiger partial charge in [0.1, 0.15) is 12.2 Å². The second-order valence-electron chi connectivity index (χ2n) is 6.49. The number of esters is 1. The maximum atomic E-state index is 11.5. The van der Waals surface area contributed by atoms with Crippen molar-refractivity contribution in [2.45, 2.75) is 70.6 Å². The van der Waals surface area contributed by atoms with Crippen molar-refractivity contribution >= 4 is 5.97 Å². The number of ether oxygens (including phenoxy) is 5. The fourth-order valence-electron chi connectivity index (χ4n) is 2.82. The molecule has 0 N–H and O–H groups in total. The molecule has 9 heteroatoms. The smallest absolute Gasteiger partial charge is 0.303 e. The van der Waals surface area contributed by atoms with E-state index in [2.05, 4.69) is 10.0 Å². The molecule has 2 aliphatic heterocycles. The predicted molar refractivity (Wildman–Crippen MR) is 78.3 cm³/mol. The van der Waals surface area contributed by atoms with Gasteiger partial charge in [0.05, 0.1) is 19.3 Å². The van der Waals surface area contributed by atoms with Gasteiger partial charge in [0.2, 0.25) is 0 Å². The largest absolute Gasteiger partial charge is 0.457 e. The van der Waals surface area contributed by atoms with Crippen LogP contribution in [0.1, 0.15) is 34.6 Å². The number of carbonyl (C=O) groups excluding carboxylic acids is 1. The lowest BCUT2D eigenvalue weighted by Gasteiger charge is -2.30. The van der Waals surface area contributed by atoms with Gasteiger partial charge in [-0.05, 0) is 33.2 Å². The van der Waals surface area contributed by atoms with Crippen molar-refractivity contribution in [1.82, 2.24) is 0 Å². The topological polar surface area (TPSA) is 112 Å². The monoisotopic (exact) mass is 329 g/mol. The van der Waals surface area contributed by atoms with Gasteiger partial charge in [-0.3, -0.25) is 4.79 Å². The molecule has 23 heavy (non-hydrogen) atoms. The molecular weight excluding hydrogens is 306 g/mol. The fourth-order valence-corrected chi connectivity index (χ4v) is 2.82. The first kappa shape index (κ1) is 18.0. The maximum Gasteiger partial charge on any atom is 0.303 e. The van der Waals surface area contributed by atoms with E-state index in [4.69, 9.17) is 29.2 Å². The lowest BCUT2D eigenvalue weighted by Crippen LogP contribution is -2.48. The van der Waals surface area contributed by atoms with Crippen molar-refractivity contribution in [2.24, 2.45) is 5.11 Å². The zero-order valence-corrected chi connectivity index (χ0v) is 14.0. The standard InChI is InChI=1S/C14H23N3O6/c1-8(18)20-11(10-7-19-13(2,3)22-10)12-9(6-16-17-15)21-14(4,5)23-12/h9-12H,6-7H2,1-5H3/t9-,10+,11+,12+/m0/s1. The quantitative estimate of drug-likeness (QED) is 0.329. The lowest BCUT2D eigenvalue weighted by molar-refractivity contribution is -0.193. The van der Waals surface area contributed by atoms with E-state index in [-0.39, 0.29) is 13.2 Å². The Morgan fingerprint density at radius 3 is 2.52 bits per heavy atom. The summed E-state index contributed by atoms with van der Waals surface area (Å²) in [7, 11) is 0. The third-order valence-corrected chi connectivity index (χ3v) is 3.57. The van der Waals surface area contributed by atoms with Crippen LogP contribution in [-0.4, -0.2) is 55.1 Å². The van der Waals surface area contributed by atoms with E-state index in [9.17, 15) is 4.79 Å². The Labute approximate surface area is 134 Å². The highest BCUT2D eigenvalue weighted by molar-refractivity contribution is 5.66. The highest BCUT2D eigenvalue weighted by atomic mass is 16.8. The predicted octanol–water partition coefficient (Wildman–Crippen LogP) is 1.90. The van der Waals surface area contributed by atoms with Gasteiger partial charge in [-0.2, -0.15) is 0 Å². The molecule has 4 atom stereocenters. The molecule has 0 radical (unpaired) electrons. The second-order valence-corrected chi connectivity index (χ2v) is 6.49. The molecule has 2 fully saturated rings. The van der Waals surface area contributed by atoms with E-state index < -0.39 is 42.0 Å². The molecule has 0 spiro atoms. The van der Waals surface area contributed by atoms with E-state index in [1.54, 1.807) is 27.7 Å². The Morgan fingerprint density at radius 1 is 1.30 bits per heavy atom. The van der Waals surface area contributed by atoms with E-state index in [1.807, 2.05) is 0 Å². The molecule has 0 saturated carbocycles. The molecule has 2 aliphatic rings. The van der Waals surface area contributed by atoms with Gasteiger partial charge < -0.3 is 23.7 Å². The molecule has 0 amide bonds. The third kappa shape index (κ3) is 4.55. The molecular formula is C14H23N3O6. The van der Waals surface area contributed by atoms with Gasteiger partial charge in [0.25, 0.3) is 0 Å². The molecule has 0 aromatic heterocycles. The summed E-state index contributed by atoms with van der Waals surface area (Å²) in [6.45, 7) is 8.71. The zero-order chi connectivity index (χ0) is 17.3. The summed E-state index contributed by atoms with van der Waals surface area (Å²) in [5.74, 6) is -2.11. The van der Waals surface area contributed by atoms with Gasteiger partial charge in [-0.15, -0.1) is 0 Å². The van der Waals surface area contributed by atoms with Crippen LogP contribution in [0.4, 0.5) is 0 Å². The Kier molecular flexibility index (Phi) is 5.17. The first-order valence-corrected chi connectivity index (χ1v) is 7.49. The molecule has 0 bridgehead atoms. The first-order valence-electron chi connectivity index (χ1n) is 7.49. The van der Waals surface area contributed by atoms with Gasteiger partial charge in [-0.1, -0.05) is 5.11 Å². The molecule has 2 saturated heterocycles. The van der Waals surface area contributed by atoms with Crippen LogP contribution in [0.3, 0.4) is 0 Å². The summed E-state index contributed by atoms with van der Waals surface area (Å²) in [5.41, 5.74) is 8.54. The maximum absolute atomic E-state index is 11.5. The fraction of sp³-hybridized carbons (Fsp3) is 0.929. The minimum atomic E-state index is -0.881. The molecule has 0 aromatic carbocycles. The van der Waals surface area contributed by atoms with Crippen LogP contribution in [0.15, 0.2) is 5.11 Å². The normalized spacial score (nSPS) is 33.0. The summed E-state index contributed by atoms with van der Waals surface area (Å²) in [5, 5.41) is 3.55.